The van der Waals surface area contributed by atoms with Crippen molar-refractivity contribution in [1.29, 1.82) is 0 Å². The molecule has 0 spiro atoms. The van der Waals surface area contributed by atoms with Crippen molar-refractivity contribution < 1.29 is 0 Å². The van der Waals surface area contributed by atoms with E-state index in [0.717, 1.165) is 0 Å². The van der Waals surface area contributed by atoms with Gasteiger partial charge in [-0.15, -0.1) is 0 Å². The maximum absolute atomic E-state index is 2.48. The molecule has 0 atom stereocenters. The van der Waals surface area contributed by atoms with Crippen LogP contribution in [0.3, 0.4) is 0 Å². The number of para-hydroxylation sites is 1. The number of aromatic nitrogens is 2. The summed E-state index contributed by atoms with van der Waals surface area (Å²) in [6, 6.07) is 56.3. The van der Waals surface area contributed by atoms with Gasteiger partial charge in [-0.25, -0.2) is 0 Å². The van der Waals surface area contributed by atoms with Crippen molar-refractivity contribution in [2.24, 2.45) is 0 Å². The molecular formula is C44H31B3N2. The van der Waals surface area contributed by atoms with E-state index in [1.807, 2.05) is 0 Å². The lowest BCUT2D eigenvalue weighted by molar-refractivity contribution is 1.18. The molecule has 0 bridgehead atoms. The van der Waals surface area contributed by atoms with Gasteiger partial charge >= 0.3 is 0 Å². The Bertz CT molecular complexity index is 2970. The van der Waals surface area contributed by atoms with Crippen LogP contribution in [0.25, 0.3) is 87.7 Å². The van der Waals surface area contributed by atoms with Crippen LogP contribution >= 0.6 is 0 Å². The Morgan fingerprint density at radius 2 is 0.816 bits per heavy atom. The molecule has 5 heteroatoms. The molecule has 0 fully saturated rings. The molecule has 10 rings (SSSR count). The van der Waals surface area contributed by atoms with E-state index < -0.39 is 0 Å². The maximum atomic E-state index is 2.48. The van der Waals surface area contributed by atoms with Gasteiger partial charge in [-0.1, -0.05) is 113 Å². The summed E-state index contributed by atoms with van der Waals surface area (Å²) in [5.41, 5.74) is 13.6. The van der Waals surface area contributed by atoms with Gasteiger partial charge in [-0.2, -0.15) is 0 Å². The second-order valence-corrected chi connectivity index (χ2v) is 13.6. The summed E-state index contributed by atoms with van der Waals surface area (Å²) in [4.78, 5) is 0. The molecule has 49 heavy (non-hydrogen) atoms. The number of fused-ring (bicyclic) bond motifs is 9. The molecule has 8 aromatic carbocycles. The minimum Gasteiger partial charge on any atom is -0.309 e. The van der Waals surface area contributed by atoms with E-state index >= 15 is 0 Å². The zero-order valence-corrected chi connectivity index (χ0v) is 27.8. The number of rotatable bonds is 3. The monoisotopic (exact) mass is 620 g/mol. The molecular weight excluding hydrogens is 589 g/mol. The van der Waals surface area contributed by atoms with Crippen LogP contribution < -0.4 is 16.4 Å². The van der Waals surface area contributed by atoms with E-state index in [1.54, 1.807) is 0 Å². The highest BCUT2D eigenvalue weighted by atomic mass is 15.0. The van der Waals surface area contributed by atoms with Crippen LogP contribution in [-0.4, -0.2) is 32.7 Å². The van der Waals surface area contributed by atoms with Gasteiger partial charge in [0.1, 0.15) is 23.5 Å². The topological polar surface area (TPSA) is 9.86 Å². The first-order valence-electron chi connectivity index (χ1n) is 17.1. The summed E-state index contributed by atoms with van der Waals surface area (Å²) in [6.45, 7) is 0. The highest BCUT2D eigenvalue weighted by Gasteiger charge is 2.18. The first kappa shape index (κ1) is 28.1. The van der Waals surface area contributed by atoms with Gasteiger partial charge in [0.25, 0.3) is 0 Å². The average molecular weight is 620 g/mol. The molecule has 0 saturated heterocycles. The Morgan fingerprint density at radius 1 is 0.327 bits per heavy atom. The van der Waals surface area contributed by atoms with Crippen LogP contribution in [0.2, 0.25) is 0 Å². The molecule has 0 radical (unpaired) electrons. The van der Waals surface area contributed by atoms with E-state index in [0.29, 0.717) is 0 Å². The molecule has 0 aliphatic rings. The SMILES string of the molecule is Bc1ccc2c(c1)c1cc(-c3ccc4c(c3)c3cc(B)ccc3n4-c3cccc4c3cc(B)c3ccccc34)ccc1n2-c1ccccc1. The zero-order valence-electron chi connectivity index (χ0n) is 27.8. The Balaban J connectivity index is 1.22. The molecule has 226 valence electrons. The number of hydrogen-bond donors (Lipinski definition) is 0. The van der Waals surface area contributed by atoms with Gasteiger partial charge in [0.2, 0.25) is 0 Å². The van der Waals surface area contributed by atoms with Crippen molar-refractivity contribution in [3.05, 3.63) is 152 Å². The molecule has 2 aromatic heterocycles. The van der Waals surface area contributed by atoms with E-state index in [4.69, 9.17) is 0 Å². The van der Waals surface area contributed by atoms with Gasteiger partial charge in [-0.3, -0.25) is 0 Å². The van der Waals surface area contributed by atoms with Crippen LogP contribution in [0.4, 0.5) is 0 Å². The molecule has 0 amide bonds. The third-order valence-electron chi connectivity index (χ3n) is 10.5. The lowest BCUT2D eigenvalue weighted by Gasteiger charge is -2.15. The van der Waals surface area contributed by atoms with Crippen LogP contribution in [-0.2, 0) is 0 Å². The summed E-state index contributed by atoms with van der Waals surface area (Å²) in [5, 5.41) is 10.3. The van der Waals surface area contributed by atoms with E-state index in [1.165, 1.54) is 104 Å². The largest absolute Gasteiger partial charge is 0.309 e. The lowest BCUT2D eigenvalue weighted by Crippen LogP contribution is -2.06. The Morgan fingerprint density at radius 3 is 1.45 bits per heavy atom. The fourth-order valence-electron chi connectivity index (χ4n) is 8.24. The third-order valence-corrected chi connectivity index (χ3v) is 10.5. The maximum Gasteiger partial charge on any atom is 0.140 e. The second-order valence-electron chi connectivity index (χ2n) is 13.6. The first-order valence-corrected chi connectivity index (χ1v) is 17.1. The van der Waals surface area contributed by atoms with Crippen LogP contribution in [0.5, 0.6) is 0 Å². The fourth-order valence-corrected chi connectivity index (χ4v) is 8.24. The highest BCUT2D eigenvalue weighted by molar-refractivity contribution is 6.41. The van der Waals surface area contributed by atoms with Gasteiger partial charge in [0.15, 0.2) is 0 Å². The number of nitrogens with zero attached hydrogens (tertiary/aromatic N) is 2. The summed E-state index contributed by atoms with van der Waals surface area (Å²) >= 11 is 0. The first-order chi connectivity index (χ1) is 24.0. The minimum atomic E-state index is 1.18. The van der Waals surface area contributed by atoms with Gasteiger partial charge in [0, 0.05) is 32.6 Å². The summed E-state index contributed by atoms with van der Waals surface area (Å²) in [7, 11) is 6.61. The molecule has 2 nitrogen and oxygen atoms in total. The Kier molecular flexibility index (Phi) is 6.05. The van der Waals surface area contributed by atoms with Gasteiger partial charge in [0.05, 0.1) is 27.8 Å². The summed E-state index contributed by atoms with van der Waals surface area (Å²) in [5.74, 6) is 0. The summed E-state index contributed by atoms with van der Waals surface area (Å²) < 4.78 is 4.87. The van der Waals surface area contributed by atoms with Crippen LogP contribution in [0, 0.1) is 0 Å². The van der Waals surface area contributed by atoms with Gasteiger partial charge in [-0.05, 0) is 81.9 Å². The minimum absolute atomic E-state index is 1.18. The standard InChI is InChI=1S/C44H31B3N2/c45-28-15-19-42-36(23-28)34-21-26(13-17-41(34)48(42)30-7-2-1-3-8-30)27-14-18-43-35(22-27)37-24-29(46)16-20-44(37)49(43)40-12-6-11-32-31-9-4-5-10-33(31)39(47)25-38(32)40/h1-25H,45-47H2. The molecule has 0 N–H and O–H groups in total. The third kappa shape index (κ3) is 4.18. The van der Waals surface area contributed by atoms with E-state index in [-0.39, 0.29) is 0 Å². The molecule has 0 saturated carbocycles. The molecule has 10 aromatic rings. The van der Waals surface area contributed by atoms with Crippen molar-refractivity contribution in [2.75, 3.05) is 0 Å². The zero-order chi connectivity index (χ0) is 32.8. The van der Waals surface area contributed by atoms with Crippen molar-refractivity contribution in [2.45, 2.75) is 0 Å². The predicted molar refractivity (Wildman–Crippen MR) is 220 cm³/mol. The summed E-state index contributed by atoms with van der Waals surface area (Å²) in [6.07, 6.45) is 0. The predicted octanol–water partition coefficient (Wildman–Crippen LogP) is 6.63. The average Bonchev–Trinajstić information content (AvgIpc) is 3.63. The second kappa shape index (κ2) is 10.5. The van der Waals surface area contributed by atoms with Crippen LogP contribution in [0.1, 0.15) is 0 Å². The Hall–Kier alpha value is -5.93. The van der Waals surface area contributed by atoms with Gasteiger partial charge < -0.3 is 9.13 Å². The molecule has 2 heterocycles. The van der Waals surface area contributed by atoms with Crippen molar-refractivity contribution in [1.82, 2.24) is 9.13 Å². The van der Waals surface area contributed by atoms with Crippen molar-refractivity contribution in [3.63, 3.8) is 0 Å². The van der Waals surface area contributed by atoms with E-state index in [2.05, 4.69) is 184 Å². The smallest absolute Gasteiger partial charge is 0.140 e. The lowest BCUT2D eigenvalue weighted by atomic mass is 9.86. The number of benzene rings is 8. The Labute approximate surface area is 287 Å². The van der Waals surface area contributed by atoms with Crippen molar-refractivity contribution >= 4 is 105 Å². The quantitative estimate of drug-likeness (QED) is 0.155. The van der Waals surface area contributed by atoms with E-state index in [9.17, 15) is 0 Å². The molecule has 0 aliphatic heterocycles. The molecule has 0 unspecified atom stereocenters. The highest BCUT2D eigenvalue weighted by Crippen LogP contribution is 2.39. The van der Waals surface area contributed by atoms with Crippen molar-refractivity contribution in [3.8, 4) is 22.5 Å². The number of hydrogen-bond acceptors (Lipinski definition) is 0. The fraction of sp³-hybridized carbons (Fsp3) is 0. The molecule has 0 aliphatic carbocycles. The normalized spacial score (nSPS) is 11.9. The van der Waals surface area contributed by atoms with Crippen LogP contribution in [0.15, 0.2) is 152 Å².